The summed E-state index contributed by atoms with van der Waals surface area (Å²) in [7, 11) is 0. The Labute approximate surface area is 885 Å². The number of rotatable bonds is 36. The summed E-state index contributed by atoms with van der Waals surface area (Å²) in [4.78, 5) is 0. The largest absolute Gasteiger partial charge is 0.378 e. The zero-order valence-corrected chi connectivity index (χ0v) is 91.8. The van der Waals surface area contributed by atoms with Crippen LogP contribution in [-0.4, -0.2) is 127 Å². The molecule has 39 unspecified atom stereocenters. The zero-order chi connectivity index (χ0) is 97.4. The first-order valence-electron chi connectivity index (χ1n) is 64.7. The van der Waals surface area contributed by atoms with Gasteiger partial charge in [0.2, 0.25) is 0 Å². The van der Waals surface area contributed by atoms with Gasteiger partial charge in [-0.05, 0) is 487 Å². The van der Waals surface area contributed by atoms with E-state index in [1.165, 1.54) is 424 Å². The van der Waals surface area contributed by atoms with Crippen molar-refractivity contribution in [1.29, 1.82) is 0 Å². The average Bonchev–Trinajstić information content (AvgIpc) is 1.61. The first-order valence-corrected chi connectivity index (χ1v) is 64.7. The quantitative estimate of drug-likeness (QED) is 0.0446. The van der Waals surface area contributed by atoms with Gasteiger partial charge in [0.1, 0.15) is 0 Å². The summed E-state index contributed by atoms with van der Waals surface area (Å²) in [6, 6.07) is 0. The fourth-order valence-corrected chi connectivity index (χ4v) is 36.2. The van der Waals surface area contributed by atoms with Crippen molar-refractivity contribution in [1.82, 2.24) is 0 Å². The molecule has 20 bridgehead atoms. The molecule has 10 nitrogen and oxygen atoms in total. The smallest absolute Gasteiger partial charge is 0.0751 e. The molecule has 10 saturated carbocycles. The molecule has 10 aliphatic heterocycles. The van der Waals surface area contributed by atoms with Crippen LogP contribution in [0.25, 0.3) is 0 Å². The van der Waals surface area contributed by atoms with Crippen LogP contribution in [0.3, 0.4) is 0 Å². The van der Waals surface area contributed by atoms with E-state index in [0.717, 1.165) is 238 Å². The molecule has 20 fully saturated rings. The highest BCUT2D eigenvalue weighted by atomic mass is 16.5. The number of ether oxygens (including phenoxy) is 10. The van der Waals surface area contributed by atoms with E-state index in [1.807, 2.05) is 0 Å². The summed E-state index contributed by atoms with van der Waals surface area (Å²) in [6.45, 7) is 10.2. The molecule has 0 radical (unpaired) electrons. The third-order valence-electron chi connectivity index (χ3n) is 44.2. The minimum atomic E-state index is 0.319. The Morgan fingerprint density at radius 3 is 0.834 bits per heavy atom. The number of hydrogen-bond acceptors (Lipinski definition) is 10. The average molecular weight is 1990 g/mol. The lowest BCUT2D eigenvalue weighted by Crippen LogP contribution is -2.32. The molecule has 0 aromatic rings. The summed E-state index contributed by atoms with van der Waals surface area (Å²) in [6.07, 6.45) is 146. The predicted octanol–water partition coefficient (Wildman–Crippen LogP) is 33.7. The molecule has 10 heterocycles. The summed E-state index contributed by atoms with van der Waals surface area (Å²) in [5, 5.41) is 0. The molecule has 39 atom stereocenters. The molecule has 0 amide bonds. The molecule has 10 saturated heterocycles. The van der Waals surface area contributed by atoms with Crippen molar-refractivity contribution in [3.63, 3.8) is 0 Å². The third-order valence-corrected chi connectivity index (χ3v) is 44.2. The molecule has 30 aliphatic rings. The number of hydrogen-bond donors (Lipinski definition) is 0. The second kappa shape index (κ2) is 55.6. The fourth-order valence-electron chi connectivity index (χ4n) is 36.2. The molecule has 145 heavy (non-hydrogen) atoms. The lowest BCUT2D eigenvalue weighted by molar-refractivity contribution is -0.0163. The van der Waals surface area contributed by atoms with Crippen LogP contribution >= 0.6 is 0 Å². The standard InChI is InChI=1S/C18H30O.C17H28O.C16H26O.C15H24O.C14H22O.C13H20O.C12H18O.C11H16O.C10H14O.C9H12O/c1(3-5-8-18-9-6-12-19-18)2-4-7-16-13-15-10-11-17(16)14-15;1(2-4-7-17-8-5-11-18-17)3-6-15-12-14-9-10-16(15)13-14;1(3-6-16-7-4-10-17-16)2-5-14-11-13-8-9-15(14)12-13;1(2-5-15-6-3-9-16-15)4-13-10-12-7-8-14(13)11-12;1(4-14-5-2-8-15-14)3-12-9-11-6-7-13(12)10-11;1-2-13(14-7-1)6-5-12-9-10-3-4-11(12)8-10;1-2-12(13-5-1)8-11-7-9-3-4-10(11)6-9;1-2-11(12-5-1)10-7-8-3-4-9(10)6-8;1-4-10(11-5-1)7-8-2-3-9(10)6-8;1-2-7-5-6(1)8-3-4-10-9(7)8/h10-11,15-18H,1-9,12-14H2;9-10,14-17H,1-8,11-13H2;8-9,13-16H,1-7,10-12H2;7-8,12-15H,1-6,9-11H2;6-7,11-14H,1-5,8-10H2;3-4,10-13H,1-2,5-9H2;3-4,9-12H,1-2,5-8H2;3-4,8-11H,1-2,5-7H2;2-3,8-9H,1,4-7H2;1-2,6-9H,3-5H2. The van der Waals surface area contributed by atoms with Crippen LogP contribution in [0.1, 0.15) is 424 Å². The van der Waals surface area contributed by atoms with Crippen LogP contribution in [0.2, 0.25) is 0 Å². The molecule has 0 aromatic heterocycles. The molecule has 0 N–H and O–H groups in total. The van der Waals surface area contributed by atoms with Crippen molar-refractivity contribution in [2.24, 2.45) is 172 Å². The van der Waals surface area contributed by atoms with Crippen molar-refractivity contribution in [3.05, 3.63) is 122 Å². The van der Waals surface area contributed by atoms with E-state index in [4.69, 9.17) is 47.4 Å². The Morgan fingerprint density at radius 1 is 0.186 bits per heavy atom. The van der Waals surface area contributed by atoms with Crippen molar-refractivity contribution in [2.45, 2.75) is 484 Å². The van der Waals surface area contributed by atoms with Crippen LogP contribution in [0, 0.1) is 172 Å². The lowest BCUT2D eigenvalue weighted by atomic mass is 9.86. The molecule has 10 heteroatoms. The minimum Gasteiger partial charge on any atom is -0.378 e. The second-order valence-corrected chi connectivity index (χ2v) is 54.2. The molecule has 20 aliphatic carbocycles. The van der Waals surface area contributed by atoms with Gasteiger partial charge < -0.3 is 47.4 Å². The van der Waals surface area contributed by atoms with E-state index in [2.05, 4.69) is 122 Å². The van der Waals surface area contributed by atoms with Gasteiger partial charge in [0.05, 0.1) is 60.5 Å². The fraction of sp³-hybridized carbons (Fsp3) is 0.852. The molecule has 1 spiro atoms. The highest BCUT2D eigenvalue weighted by Gasteiger charge is 2.52. The first-order chi connectivity index (χ1) is 71.7. The lowest BCUT2D eigenvalue weighted by Gasteiger charge is -2.29. The molecule has 810 valence electrons. The first kappa shape index (κ1) is 108. The van der Waals surface area contributed by atoms with Crippen LogP contribution in [0.5, 0.6) is 0 Å². The van der Waals surface area contributed by atoms with Gasteiger partial charge in [0, 0.05) is 77.9 Å². The Hall–Kier alpha value is -3.00. The zero-order valence-electron chi connectivity index (χ0n) is 91.8. The van der Waals surface area contributed by atoms with Gasteiger partial charge in [0.15, 0.2) is 0 Å². The van der Waals surface area contributed by atoms with Gasteiger partial charge in [0.25, 0.3) is 0 Å². The van der Waals surface area contributed by atoms with Crippen molar-refractivity contribution >= 4 is 0 Å². The maximum absolute atomic E-state index is 5.88. The van der Waals surface area contributed by atoms with E-state index in [9.17, 15) is 0 Å². The Balaban J connectivity index is 0.0000000952. The van der Waals surface area contributed by atoms with Gasteiger partial charge in [-0.3, -0.25) is 0 Å². The Kier molecular flexibility index (Phi) is 41.2. The maximum Gasteiger partial charge on any atom is 0.0751 e. The van der Waals surface area contributed by atoms with Crippen LogP contribution in [-0.2, 0) is 47.4 Å². The minimum absolute atomic E-state index is 0.319. The van der Waals surface area contributed by atoms with E-state index in [-0.39, 0.29) is 0 Å². The summed E-state index contributed by atoms with van der Waals surface area (Å²) < 4.78 is 57.0. The van der Waals surface area contributed by atoms with Gasteiger partial charge >= 0.3 is 0 Å². The van der Waals surface area contributed by atoms with E-state index in [0.29, 0.717) is 60.5 Å². The summed E-state index contributed by atoms with van der Waals surface area (Å²) in [5.41, 5.74) is 0.319. The summed E-state index contributed by atoms with van der Waals surface area (Å²) in [5.74, 6) is 27.2. The van der Waals surface area contributed by atoms with Gasteiger partial charge in [-0.2, -0.15) is 0 Å². The van der Waals surface area contributed by atoms with Crippen molar-refractivity contribution < 1.29 is 47.4 Å². The third kappa shape index (κ3) is 30.7. The number of fused-ring (bicyclic) bond motifs is 24. The van der Waals surface area contributed by atoms with Crippen molar-refractivity contribution in [2.75, 3.05) is 66.1 Å². The topological polar surface area (TPSA) is 92.3 Å². The highest BCUT2D eigenvalue weighted by molar-refractivity contribution is 5.21. The Bertz CT molecular complexity index is 4030. The van der Waals surface area contributed by atoms with E-state index >= 15 is 0 Å². The maximum atomic E-state index is 5.88. The predicted molar refractivity (Wildman–Crippen MR) is 594 cm³/mol. The van der Waals surface area contributed by atoms with Crippen LogP contribution < -0.4 is 0 Å². The van der Waals surface area contributed by atoms with Gasteiger partial charge in [-0.15, -0.1) is 0 Å². The van der Waals surface area contributed by atoms with Gasteiger partial charge in [-0.25, -0.2) is 0 Å². The monoisotopic (exact) mass is 1990 g/mol. The SMILES string of the molecule is C1=CC2CC1C1CCOC21.C1=CC2CC1CC21CCCO1.C1=CC2CC1CC2C1CCCO1.C1=CC2CC1CC2CC1CCCO1.C1=CC2CC1CC2CCC1CCCO1.C1=CC2CC1CC2CCCC1CCCO1.C1=CC2CC1CC2CCCCC1CCCO1.C1=CC2CC1CC2CCCCCC1CCCO1.C1=CC2CC1CC2CCCCCCC1CCCO1.C1=CC2CC1CC2CCCCCCCC1CCCO1. The molecular formula is C135H210O10. The van der Waals surface area contributed by atoms with Crippen molar-refractivity contribution in [3.8, 4) is 0 Å². The highest BCUT2D eigenvalue weighted by Crippen LogP contribution is 2.57. The van der Waals surface area contributed by atoms with Crippen LogP contribution in [0.4, 0.5) is 0 Å². The Morgan fingerprint density at radius 2 is 0.497 bits per heavy atom. The number of unbranched alkanes of at least 4 members (excludes halogenated alkanes) is 10. The van der Waals surface area contributed by atoms with Crippen LogP contribution in [0.15, 0.2) is 122 Å². The molecule has 0 aromatic carbocycles. The summed E-state index contributed by atoms with van der Waals surface area (Å²) >= 11 is 0. The van der Waals surface area contributed by atoms with Gasteiger partial charge in [-0.1, -0.05) is 218 Å². The number of allylic oxidation sites excluding steroid dienone is 18. The normalized spacial score (nSPS) is 43.8. The van der Waals surface area contributed by atoms with E-state index < -0.39 is 0 Å². The van der Waals surface area contributed by atoms with E-state index in [1.54, 1.807) is 0 Å². The molecule has 30 rings (SSSR count). The second-order valence-electron chi connectivity index (χ2n) is 54.2. The molecular weight excluding hydrogens is 1780 g/mol.